The number of nitrogens with zero attached hydrogens (tertiary/aromatic N) is 1. The maximum Gasteiger partial charge on any atom is 0.284 e. The Morgan fingerprint density at radius 2 is 1.57 bits per heavy atom. The van der Waals surface area contributed by atoms with E-state index in [1.807, 2.05) is 18.2 Å². The molecule has 0 radical (unpaired) electrons. The number of rotatable bonds is 2. The van der Waals surface area contributed by atoms with E-state index >= 15 is 0 Å². The summed E-state index contributed by atoms with van der Waals surface area (Å²) in [6.45, 7) is 12.6. The lowest BCUT2D eigenvalue weighted by atomic mass is 9.78. The van der Waals surface area contributed by atoms with Crippen molar-refractivity contribution in [2.45, 2.75) is 52.4 Å². The number of nitrogens with one attached hydrogen (secondary N) is 1. The van der Waals surface area contributed by atoms with E-state index in [4.69, 9.17) is 16.6 Å². The number of hydrogen-bond acceptors (Lipinski definition) is 4. The van der Waals surface area contributed by atoms with Crippen molar-refractivity contribution in [2.75, 3.05) is 0 Å². The maximum absolute atomic E-state index is 10.7. The zero-order chi connectivity index (χ0) is 17.4. The number of aromatic hydroxyl groups is 1. The van der Waals surface area contributed by atoms with Crippen LogP contribution in [-0.2, 0) is 10.8 Å². The van der Waals surface area contributed by atoms with Gasteiger partial charge in [-0.1, -0.05) is 41.5 Å². The molecule has 5 heteroatoms. The summed E-state index contributed by atoms with van der Waals surface area (Å²) in [5.41, 5.74) is 2.53. The van der Waals surface area contributed by atoms with Gasteiger partial charge in [0, 0.05) is 17.2 Å². The molecule has 2 aromatic rings. The Kier molecular flexibility index (Phi) is 4.53. The van der Waals surface area contributed by atoms with Gasteiger partial charge in [0.2, 0.25) is 5.89 Å². The van der Waals surface area contributed by atoms with Crippen LogP contribution in [0.4, 0.5) is 0 Å². The Hall–Kier alpha value is -1.88. The predicted molar refractivity (Wildman–Crippen MR) is 96.1 cm³/mol. The molecule has 124 valence electrons. The van der Waals surface area contributed by atoms with Crippen LogP contribution in [0, 0.1) is 4.84 Å². The highest BCUT2D eigenvalue weighted by Crippen LogP contribution is 2.40. The van der Waals surface area contributed by atoms with Gasteiger partial charge >= 0.3 is 0 Å². The van der Waals surface area contributed by atoms with E-state index in [2.05, 4.69) is 51.7 Å². The normalized spacial score (nSPS) is 13.0. The lowest BCUT2D eigenvalue weighted by Crippen LogP contribution is -2.17. The summed E-state index contributed by atoms with van der Waals surface area (Å²) in [6.07, 6.45) is 3.68. The first-order valence-electron chi connectivity index (χ1n) is 7.60. The fourth-order valence-electron chi connectivity index (χ4n) is 2.38. The Morgan fingerprint density at radius 1 is 1.04 bits per heavy atom. The molecule has 1 aromatic heterocycles. The van der Waals surface area contributed by atoms with Gasteiger partial charge in [0.05, 0.1) is 0 Å². The number of phenols is 1. The van der Waals surface area contributed by atoms with Gasteiger partial charge in [0.1, 0.15) is 5.75 Å². The van der Waals surface area contributed by atoms with Crippen molar-refractivity contribution < 1.29 is 9.52 Å². The van der Waals surface area contributed by atoms with Gasteiger partial charge in [-0.15, -0.1) is 5.10 Å². The van der Waals surface area contributed by atoms with Crippen LogP contribution in [0.3, 0.4) is 0 Å². The largest absolute Gasteiger partial charge is 0.507 e. The van der Waals surface area contributed by atoms with Crippen LogP contribution in [0.15, 0.2) is 16.5 Å². The van der Waals surface area contributed by atoms with Gasteiger partial charge in [0.25, 0.3) is 4.84 Å². The quantitative estimate of drug-likeness (QED) is 0.742. The number of H-pyrrole nitrogens is 1. The molecular formula is C18H24N2O2S. The summed E-state index contributed by atoms with van der Waals surface area (Å²) in [4.78, 5) is 0.251. The third-order valence-electron chi connectivity index (χ3n) is 3.62. The second-order valence-corrected chi connectivity index (χ2v) is 8.12. The minimum Gasteiger partial charge on any atom is -0.507 e. The third kappa shape index (κ3) is 4.10. The number of phenolic OH excluding ortho intramolecular Hbond substituents is 1. The zero-order valence-electron chi connectivity index (χ0n) is 14.5. The molecule has 0 saturated carbocycles. The minimum absolute atomic E-state index is 0.154. The van der Waals surface area contributed by atoms with Crippen LogP contribution in [-0.4, -0.2) is 15.3 Å². The fraction of sp³-hybridized carbons (Fsp3) is 0.444. The van der Waals surface area contributed by atoms with Gasteiger partial charge in [-0.05, 0) is 46.8 Å². The molecule has 0 spiro atoms. The molecule has 0 atom stereocenters. The molecule has 0 aliphatic carbocycles. The second-order valence-electron chi connectivity index (χ2n) is 7.75. The summed E-state index contributed by atoms with van der Waals surface area (Å²) < 4.78 is 5.24. The van der Waals surface area contributed by atoms with Crippen LogP contribution in [0.2, 0.25) is 0 Å². The van der Waals surface area contributed by atoms with Crippen LogP contribution >= 0.6 is 12.2 Å². The van der Waals surface area contributed by atoms with E-state index in [9.17, 15) is 5.11 Å². The highest BCUT2D eigenvalue weighted by Gasteiger charge is 2.26. The van der Waals surface area contributed by atoms with E-state index in [1.165, 1.54) is 0 Å². The summed E-state index contributed by atoms with van der Waals surface area (Å²) >= 11 is 4.87. The molecule has 0 aliphatic heterocycles. The van der Waals surface area contributed by atoms with Crippen LogP contribution < -0.4 is 0 Å². The van der Waals surface area contributed by atoms with E-state index in [-0.39, 0.29) is 15.7 Å². The highest BCUT2D eigenvalue weighted by atomic mass is 32.1. The Bertz CT molecular complexity index is 751. The van der Waals surface area contributed by atoms with Crippen molar-refractivity contribution in [2.24, 2.45) is 0 Å². The summed E-state index contributed by atoms with van der Waals surface area (Å²) in [6, 6.07) is 4.00. The van der Waals surface area contributed by atoms with E-state index in [0.717, 1.165) is 16.7 Å². The van der Waals surface area contributed by atoms with Crippen LogP contribution in [0.5, 0.6) is 5.75 Å². The number of hydrogen-bond donors (Lipinski definition) is 2. The smallest absolute Gasteiger partial charge is 0.284 e. The van der Waals surface area contributed by atoms with Gasteiger partial charge < -0.3 is 9.52 Å². The summed E-state index contributed by atoms with van der Waals surface area (Å²) in [5.74, 6) is 0.803. The van der Waals surface area contributed by atoms with Crippen LogP contribution in [0.25, 0.3) is 12.2 Å². The Balaban J connectivity index is 2.56. The Morgan fingerprint density at radius 3 is 1.96 bits per heavy atom. The monoisotopic (exact) mass is 332 g/mol. The van der Waals surface area contributed by atoms with Gasteiger partial charge in [-0.3, -0.25) is 0 Å². The highest BCUT2D eigenvalue weighted by molar-refractivity contribution is 7.71. The SMILES string of the molecule is CC(C)(C)c1cc(/C=C\c2n[nH]c(=S)o2)cc(C(C)(C)C)c1O. The standard InChI is InChI=1S/C18H24N2O2S/c1-17(2,3)12-9-11(7-8-14-19-20-16(23)22-14)10-13(15(12)21)18(4,5)6/h7-10,21H,1-6H3,(H,20,23)/b8-7-. The second kappa shape index (κ2) is 5.96. The predicted octanol–water partition coefficient (Wildman–Crippen LogP) is 5.20. The third-order valence-corrected chi connectivity index (χ3v) is 3.80. The first-order valence-corrected chi connectivity index (χ1v) is 8.01. The molecular weight excluding hydrogens is 308 g/mol. The van der Waals surface area contributed by atoms with Crippen molar-refractivity contribution in [3.05, 3.63) is 39.6 Å². The van der Waals surface area contributed by atoms with Gasteiger partial charge in [0.15, 0.2) is 0 Å². The molecule has 2 rings (SSSR count). The number of aromatic amines is 1. The van der Waals surface area contributed by atoms with Gasteiger partial charge in [-0.25, -0.2) is 5.10 Å². The summed E-state index contributed by atoms with van der Waals surface area (Å²) in [7, 11) is 0. The molecule has 0 fully saturated rings. The molecule has 2 N–H and O–H groups in total. The minimum atomic E-state index is -0.154. The molecule has 23 heavy (non-hydrogen) atoms. The average molecular weight is 332 g/mol. The molecule has 0 unspecified atom stereocenters. The van der Waals surface area contributed by atoms with Crippen molar-refractivity contribution in [3.8, 4) is 5.75 Å². The molecule has 4 nitrogen and oxygen atoms in total. The molecule has 0 saturated heterocycles. The van der Waals surface area contributed by atoms with E-state index in [1.54, 1.807) is 6.08 Å². The van der Waals surface area contributed by atoms with Crippen molar-refractivity contribution >= 4 is 24.4 Å². The first kappa shape index (κ1) is 17.5. The topological polar surface area (TPSA) is 62.0 Å². The Labute approximate surface area is 142 Å². The number of aromatic nitrogens is 2. The summed E-state index contributed by atoms with van der Waals surface area (Å²) in [5, 5.41) is 17.3. The van der Waals surface area contributed by atoms with E-state index < -0.39 is 0 Å². The average Bonchev–Trinajstić information content (AvgIpc) is 2.80. The lowest BCUT2D eigenvalue weighted by molar-refractivity contribution is 0.423. The van der Waals surface area contributed by atoms with E-state index in [0.29, 0.717) is 11.6 Å². The lowest BCUT2D eigenvalue weighted by Gasteiger charge is -2.27. The molecule has 0 amide bonds. The molecule has 1 heterocycles. The van der Waals surface area contributed by atoms with Crippen molar-refractivity contribution in [3.63, 3.8) is 0 Å². The van der Waals surface area contributed by atoms with Crippen LogP contribution in [0.1, 0.15) is 64.1 Å². The van der Waals surface area contributed by atoms with Crippen molar-refractivity contribution in [1.29, 1.82) is 0 Å². The molecule has 1 aromatic carbocycles. The zero-order valence-corrected chi connectivity index (χ0v) is 15.3. The van der Waals surface area contributed by atoms with Crippen molar-refractivity contribution in [1.82, 2.24) is 10.2 Å². The van der Waals surface area contributed by atoms with Gasteiger partial charge in [-0.2, -0.15) is 0 Å². The maximum atomic E-state index is 10.7. The fourth-order valence-corrected chi connectivity index (χ4v) is 2.51. The number of benzene rings is 1. The molecule has 0 aliphatic rings. The first-order chi connectivity index (χ1) is 10.5. The molecule has 0 bridgehead atoms.